The Morgan fingerprint density at radius 3 is 2.48 bits per heavy atom. The fourth-order valence-electron chi connectivity index (χ4n) is 5.60. The molecule has 0 aliphatic carbocycles. The van der Waals surface area contributed by atoms with Gasteiger partial charge in [-0.3, -0.25) is 0 Å². The number of aliphatic hydroxyl groups is 1. The van der Waals surface area contributed by atoms with Crippen LogP contribution in [0.25, 0.3) is 11.1 Å². The van der Waals surface area contributed by atoms with Crippen molar-refractivity contribution in [3.63, 3.8) is 0 Å². The van der Waals surface area contributed by atoms with Crippen molar-refractivity contribution in [1.82, 2.24) is 10.2 Å². The van der Waals surface area contributed by atoms with Gasteiger partial charge in [0.2, 0.25) is 0 Å². The van der Waals surface area contributed by atoms with E-state index in [-0.39, 0.29) is 18.2 Å². The third-order valence-electron chi connectivity index (χ3n) is 6.56. The van der Waals surface area contributed by atoms with Crippen LogP contribution < -0.4 is 5.32 Å². The van der Waals surface area contributed by atoms with E-state index >= 15 is 0 Å². The van der Waals surface area contributed by atoms with E-state index in [9.17, 15) is 5.11 Å². The minimum Gasteiger partial charge on any atom is -0.394 e. The molecule has 2 N–H and O–H groups in total. The lowest BCUT2D eigenvalue weighted by molar-refractivity contribution is 0.109. The lowest BCUT2D eigenvalue weighted by atomic mass is 9.76. The summed E-state index contributed by atoms with van der Waals surface area (Å²) in [5.41, 5.74) is 3.76. The van der Waals surface area contributed by atoms with Crippen LogP contribution in [0.3, 0.4) is 0 Å². The molecule has 2 aromatic carbocycles. The predicted molar refractivity (Wildman–Crippen MR) is 112 cm³/mol. The van der Waals surface area contributed by atoms with Crippen molar-refractivity contribution in [1.29, 1.82) is 0 Å². The normalized spacial score (nSPS) is 30.8. The lowest BCUT2D eigenvalue weighted by Gasteiger charge is -2.36. The summed E-state index contributed by atoms with van der Waals surface area (Å²) in [6, 6.07) is 19.8. The fraction of sp³-hybridized carbons (Fsp3) is 0.500. The molecule has 3 heteroatoms. The van der Waals surface area contributed by atoms with Crippen LogP contribution in [0.4, 0.5) is 0 Å². The highest BCUT2D eigenvalue weighted by molar-refractivity contribution is 5.68. The largest absolute Gasteiger partial charge is 0.394 e. The van der Waals surface area contributed by atoms with Gasteiger partial charge in [0.25, 0.3) is 0 Å². The molecule has 2 aliphatic rings. The number of benzene rings is 2. The molecule has 2 heterocycles. The highest BCUT2D eigenvalue weighted by Crippen LogP contribution is 2.50. The minimum atomic E-state index is -0.182. The maximum Gasteiger partial charge on any atom is 0.0616 e. The average molecular weight is 365 g/mol. The zero-order chi connectivity index (χ0) is 19.0. The van der Waals surface area contributed by atoms with E-state index in [0.717, 1.165) is 19.5 Å². The molecule has 144 valence electrons. The van der Waals surface area contributed by atoms with Gasteiger partial charge in [-0.1, -0.05) is 68.4 Å². The first-order valence-electron chi connectivity index (χ1n) is 10.3. The third-order valence-corrected chi connectivity index (χ3v) is 6.56. The second-order valence-corrected chi connectivity index (χ2v) is 8.98. The smallest absolute Gasteiger partial charge is 0.0616 e. The second-order valence-electron chi connectivity index (χ2n) is 8.98. The molecule has 0 radical (unpaired) electrons. The van der Waals surface area contributed by atoms with Gasteiger partial charge in [-0.05, 0) is 47.9 Å². The Balaban J connectivity index is 1.77. The molecular weight excluding hydrogens is 332 g/mol. The van der Waals surface area contributed by atoms with E-state index < -0.39 is 0 Å². The summed E-state index contributed by atoms with van der Waals surface area (Å²) in [6.07, 6.45) is 1.02. The van der Waals surface area contributed by atoms with E-state index in [1.54, 1.807) is 0 Å². The number of nitrogens with zero attached hydrogens (tertiary/aromatic N) is 1. The molecule has 27 heavy (non-hydrogen) atoms. The SMILES string of the molecule is CC(C)C[C@@]1(CO)N[C@H](c2ccccc2-c2ccccc2)[C@@H]2CN(C)C[C@@H]21. The van der Waals surface area contributed by atoms with Crippen molar-refractivity contribution >= 4 is 0 Å². The summed E-state index contributed by atoms with van der Waals surface area (Å²) in [7, 11) is 2.22. The molecule has 2 saturated heterocycles. The Morgan fingerprint density at radius 1 is 1.07 bits per heavy atom. The van der Waals surface area contributed by atoms with Crippen molar-refractivity contribution in [3.8, 4) is 11.1 Å². The highest BCUT2D eigenvalue weighted by Gasteiger charge is 2.56. The van der Waals surface area contributed by atoms with E-state index in [0.29, 0.717) is 17.8 Å². The standard InChI is InChI=1S/C24H32N2O/c1-17(2)13-24(16-27)22-15-26(3)14-21(22)23(25-24)20-12-8-7-11-19(20)18-9-5-4-6-10-18/h4-12,17,21-23,25,27H,13-16H2,1-3H3/t21-,22+,23-,24+/m1/s1. The molecule has 0 spiro atoms. The average Bonchev–Trinajstić information content (AvgIpc) is 3.19. The van der Waals surface area contributed by atoms with Crippen LogP contribution in [0, 0.1) is 17.8 Å². The summed E-state index contributed by atoms with van der Waals surface area (Å²) < 4.78 is 0. The fourth-order valence-corrected chi connectivity index (χ4v) is 5.60. The zero-order valence-electron chi connectivity index (χ0n) is 16.7. The van der Waals surface area contributed by atoms with Gasteiger partial charge in [-0.15, -0.1) is 0 Å². The summed E-state index contributed by atoms with van der Waals surface area (Å²) >= 11 is 0. The van der Waals surface area contributed by atoms with Gasteiger partial charge in [0.05, 0.1) is 6.61 Å². The van der Waals surface area contributed by atoms with Gasteiger partial charge in [0.15, 0.2) is 0 Å². The van der Waals surface area contributed by atoms with Crippen LogP contribution >= 0.6 is 0 Å². The van der Waals surface area contributed by atoms with Gasteiger partial charge in [-0.25, -0.2) is 0 Å². The number of nitrogens with one attached hydrogen (secondary N) is 1. The summed E-state index contributed by atoms with van der Waals surface area (Å²) in [6.45, 7) is 6.89. The van der Waals surface area contributed by atoms with Gasteiger partial charge in [0.1, 0.15) is 0 Å². The summed E-state index contributed by atoms with van der Waals surface area (Å²) in [5, 5.41) is 14.4. The van der Waals surface area contributed by atoms with Crippen LogP contribution in [0.15, 0.2) is 54.6 Å². The van der Waals surface area contributed by atoms with Crippen molar-refractivity contribution in [2.24, 2.45) is 17.8 Å². The third kappa shape index (κ3) is 3.33. The van der Waals surface area contributed by atoms with Gasteiger partial charge >= 0.3 is 0 Å². The van der Waals surface area contributed by atoms with E-state index in [1.165, 1.54) is 16.7 Å². The maximum atomic E-state index is 10.5. The van der Waals surface area contributed by atoms with Crippen LogP contribution in [-0.4, -0.2) is 42.3 Å². The summed E-state index contributed by atoms with van der Waals surface area (Å²) in [5.74, 6) is 1.58. The number of hydrogen-bond donors (Lipinski definition) is 2. The molecule has 4 rings (SSSR count). The number of rotatable bonds is 5. The molecule has 0 amide bonds. The monoisotopic (exact) mass is 364 g/mol. The van der Waals surface area contributed by atoms with E-state index in [4.69, 9.17) is 0 Å². The highest BCUT2D eigenvalue weighted by atomic mass is 16.3. The lowest BCUT2D eigenvalue weighted by Crippen LogP contribution is -2.51. The molecule has 0 aromatic heterocycles. The quantitative estimate of drug-likeness (QED) is 0.843. The molecule has 0 bridgehead atoms. The first kappa shape index (κ1) is 18.7. The van der Waals surface area contributed by atoms with Crippen LogP contribution in [0.5, 0.6) is 0 Å². The van der Waals surface area contributed by atoms with Crippen molar-refractivity contribution < 1.29 is 5.11 Å². The number of fused-ring (bicyclic) bond motifs is 1. The molecule has 3 nitrogen and oxygen atoms in total. The number of hydrogen-bond acceptors (Lipinski definition) is 3. The Labute approximate surface area is 163 Å². The Kier molecular flexibility index (Phi) is 5.11. The molecular formula is C24H32N2O. The number of likely N-dealkylation sites (tertiary alicyclic amines) is 1. The topological polar surface area (TPSA) is 35.5 Å². The first-order chi connectivity index (χ1) is 13.0. The van der Waals surface area contributed by atoms with Crippen LogP contribution in [0.1, 0.15) is 31.9 Å². The number of aliphatic hydroxyl groups excluding tert-OH is 1. The van der Waals surface area contributed by atoms with E-state index in [1.807, 2.05) is 0 Å². The van der Waals surface area contributed by atoms with Crippen molar-refractivity contribution in [3.05, 3.63) is 60.2 Å². The van der Waals surface area contributed by atoms with Crippen molar-refractivity contribution in [2.45, 2.75) is 31.8 Å². The van der Waals surface area contributed by atoms with Gasteiger partial charge < -0.3 is 15.3 Å². The molecule has 2 aromatic rings. The van der Waals surface area contributed by atoms with Crippen molar-refractivity contribution in [2.75, 3.05) is 26.7 Å². The molecule has 2 aliphatic heterocycles. The van der Waals surface area contributed by atoms with E-state index in [2.05, 4.69) is 85.7 Å². The molecule has 0 saturated carbocycles. The molecule has 4 atom stereocenters. The molecule has 0 unspecified atom stereocenters. The minimum absolute atomic E-state index is 0.182. The van der Waals surface area contributed by atoms with Crippen LogP contribution in [0.2, 0.25) is 0 Å². The van der Waals surface area contributed by atoms with Gasteiger partial charge in [-0.2, -0.15) is 0 Å². The summed E-state index contributed by atoms with van der Waals surface area (Å²) in [4.78, 5) is 2.44. The maximum absolute atomic E-state index is 10.5. The first-order valence-corrected chi connectivity index (χ1v) is 10.3. The predicted octanol–water partition coefficient (Wildman–Crippen LogP) is 3.95. The Morgan fingerprint density at radius 2 is 1.78 bits per heavy atom. The van der Waals surface area contributed by atoms with Gasteiger partial charge in [0, 0.05) is 24.7 Å². The second kappa shape index (κ2) is 7.38. The molecule has 2 fully saturated rings. The Hall–Kier alpha value is -1.68. The van der Waals surface area contributed by atoms with Crippen LogP contribution in [-0.2, 0) is 0 Å². The Bertz CT molecular complexity index is 775. The zero-order valence-corrected chi connectivity index (χ0v) is 16.7.